The third kappa shape index (κ3) is 3.07. The average molecular weight is 294 g/mol. The highest BCUT2D eigenvalue weighted by Gasteiger charge is 2.19. The van der Waals surface area contributed by atoms with E-state index in [4.69, 9.17) is 10.00 Å². The topological polar surface area (TPSA) is 62.0 Å². The first kappa shape index (κ1) is 14.5. The first-order valence-electron chi connectivity index (χ1n) is 7.38. The molecule has 0 radical (unpaired) electrons. The van der Waals surface area contributed by atoms with Gasteiger partial charge in [-0.2, -0.15) is 5.26 Å². The van der Waals surface area contributed by atoms with Gasteiger partial charge in [0.1, 0.15) is 6.33 Å². The van der Waals surface area contributed by atoms with Gasteiger partial charge < -0.3 is 4.74 Å². The minimum atomic E-state index is 0.693. The Bertz CT molecular complexity index is 708. The van der Waals surface area contributed by atoms with Crippen LogP contribution in [0.5, 0.6) is 5.88 Å². The fourth-order valence-electron chi connectivity index (χ4n) is 2.87. The minimum absolute atomic E-state index is 0.693. The number of fused-ring (bicyclic) bond motifs is 1. The average Bonchev–Trinajstić information content (AvgIpc) is 2.77. The molecule has 0 atom stereocenters. The third-order valence-electron chi connectivity index (χ3n) is 3.99. The Morgan fingerprint density at radius 1 is 1.27 bits per heavy atom. The molecule has 1 aromatic carbocycles. The van der Waals surface area contributed by atoms with Crippen LogP contribution < -0.4 is 4.74 Å². The maximum Gasteiger partial charge on any atom is 0.219 e. The maximum absolute atomic E-state index is 9.00. The standard InChI is InChI=1S/C17H18N4O/c1-22-17-15-5-7-21(8-6-16(15)19-12-20-17)11-14-4-2-3-13(9-14)10-18/h2-4,9,12H,5-8,11H2,1H3. The number of nitrogens with zero attached hydrogens (tertiary/aromatic N) is 4. The van der Waals surface area contributed by atoms with E-state index >= 15 is 0 Å². The van der Waals surface area contributed by atoms with E-state index in [-0.39, 0.29) is 0 Å². The van der Waals surface area contributed by atoms with Gasteiger partial charge in [-0.25, -0.2) is 9.97 Å². The predicted molar refractivity (Wildman–Crippen MR) is 82.4 cm³/mol. The molecule has 2 aromatic rings. The molecule has 3 rings (SSSR count). The number of methoxy groups -OCH3 is 1. The Kier molecular flexibility index (Phi) is 4.31. The van der Waals surface area contributed by atoms with Crippen LogP contribution in [0.4, 0.5) is 0 Å². The molecule has 1 aliphatic rings. The first-order chi connectivity index (χ1) is 10.8. The Morgan fingerprint density at radius 3 is 2.95 bits per heavy atom. The summed E-state index contributed by atoms with van der Waals surface area (Å²) < 4.78 is 5.35. The molecule has 0 spiro atoms. The van der Waals surface area contributed by atoms with E-state index in [1.54, 1.807) is 13.4 Å². The summed E-state index contributed by atoms with van der Waals surface area (Å²) in [6, 6.07) is 9.99. The van der Waals surface area contributed by atoms with Crippen molar-refractivity contribution in [3.05, 3.63) is 53.0 Å². The summed E-state index contributed by atoms with van der Waals surface area (Å²) in [5, 5.41) is 9.00. The van der Waals surface area contributed by atoms with Crippen LogP contribution in [0.1, 0.15) is 22.4 Å². The lowest BCUT2D eigenvalue weighted by molar-refractivity contribution is 0.278. The second-order valence-corrected chi connectivity index (χ2v) is 5.40. The van der Waals surface area contributed by atoms with Gasteiger partial charge in [0, 0.05) is 31.6 Å². The van der Waals surface area contributed by atoms with Crippen LogP contribution >= 0.6 is 0 Å². The fraction of sp³-hybridized carbons (Fsp3) is 0.353. The van der Waals surface area contributed by atoms with Crippen molar-refractivity contribution in [1.29, 1.82) is 5.26 Å². The van der Waals surface area contributed by atoms with Crippen molar-refractivity contribution in [1.82, 2.24) is 14.9 Å². The van der Waals surface area contributed by atoms with Crippen molar-refractivity contribution in [3.8, 4) is 11.9 Å². The van der Waals surface area contributed by atoms with Gasteiger partial charge >= 0.3 is 0 Å². The van der Waals surface area contributed by atoms with Gasteiger partial charge in [-0.1, -0.05) is 12.1 Å². The Morgan fingerprint density at radius 2 is 2.14 bits per heavy atom. The highest BCUT2D eigenvalue weighted by Crippen LogP contribution is 2.22. The molecule has 1 aliphatic heterocycles. The Balaban J connectivity index is 1.73. The SMILES string of the molecule is COc1ncnc2c1CCN(Cc1cccc(C#N)c1)CC2. The van der Waals surface area contributed by atoms with E-state index in [1.807, 2.05) is 18.2 Å². The molecule has 5 heteroatoms. The molecule has 0 saturated heterocycles. The van der Waals surface area contributed by atoms with E-state index in [2.05, 4.69) is 27.0 Å². The summed E-state index contributed by atoms with van der Waals surface area (Å²) in [5.41, 5.74) is 4.09. The summed E-state index contributed by atoms with van der Waals surface area (Å²) in [5.74, 6) is 0.693. The van der Waals surface area contributed by atoms with Crippen LogP contribution in [0, 0.1) is 11.3 Å². The summed E-state index contributed by atoms with van der Waals surface area (Å²) in [4.78, 5) is 11.0. The van der Waals surface area contributed by atoms with Gasteiger partial charge in [-0.3, -0.25) is 4.90 Å². The molecule has 112 valence electrons. The van der Waals surface area contributed by atoms with E-state index in [1.165, 1.54) is 5.56 Å². The van der Waals surface area contributed by atoms with E-state index in [0.717, 1.165) is 43.7 Å². The number of benzene rings is 1. The minimum Gasteiger partial charge on any atom is -0.481 e. The van der Waals surface area contributed by atoms with Crippen LogP contribution in [0.15, 0.2) is 30.6 Å². The molecular formula is C17H18N4O. The summed E-state index contributed by atoms with van der Waals surface area (Å²) in [7, 11) is 1.65. The summed E-state index contributed by atoms with van der Waals surface area (Å²) >= 11 is 0. The van der Waals surface area contributed by atoms with Gasteiger partial charge in [-0.05, 0) is 24.1 Å². The highest BCUT2D eigenvalue weighted by molar-refractivity contribution is 5.33. The molecular weight excluding hydrogens is 276 g/mol. The van der Waals surface area contributed by atoms with Gasteiger partial charge in [-0.15, -0.1) is 0 Å². The molecule has 0 aliphatic carbocycles. The molecule has 0 bridgehead atoms. The van der Waals surface area contributed by atoms with Crippen molar-refractivity contribution in [3.63, 3.8) is 0 Å². The molecule has 0 unspecified atom stereocenters. The van der Waals surface area contributed by atoms with E-state index in [9.17, 15) is 0 Å². The number of rotatable bonds is 3. The molecule has 0 amide bonds. The molecule has 1 aromatic heterocycles. The second-order valence-electron chi connectivity index (χ2n) is 5.40. The van der Waals surface area contributed by atoms with Crippen LogP contribution in [-0.2, 0) is 19.4 Å². The van der Waals surface area contributed by atoms with Crippen LogP contribution in [0.25, 0.3) is 0 Å². The largest absolute Gasteiger partial charge is 0.481 e. The molecule has 5 nitrogen and oxygen atoms in total. The highest BCUT2D eigenvalue weighted by atomic mass is 16.5. The zero-order valence-electron chi connectivity index (χ0n) is 12.6. The molecule has 2 heterocycles. The quantitative estimate of drug-likeness (QED) is 0.866. The van der Waals surface area contributed by atoms with Gasteiger partial charge in [0.2, 0.25) is 5.88 Å². The third-order valence-corrected chi connectivity index (χ3v) is 3.99. The Labute approximate surface area is 130 Å². The van der Waals surface area contributed by atoms with Crippen LogP contribution in [0.3, 0.4) is 0 Å². The molecule has 0 N–H and O–H groups in total. The lowest BCUT2D eigenvalue weighted by Crippen LogP contribution is -2.26. The smallest absolute Gasteiger partial charge is 0.219 e. The monoisotopic (exact) mass is 294 g/mol. The van der Waals surface area contributed by atoms with Gasteiger partial charge in [0.15, 0.2) is 0 Å². The number of nitriles is 1. The van der Waals surface area contributed by atoms with Crippen LogP contribution in [0.2, 0.25) is 0 Å². The van der Waals surface area contributed by atoms with Crippen molar-refractivity contribution in [2.24, 2.45) is 0 Å². The van der Waals surface area contributed by atoms with Crippen molar-refractivity contribution in [2.75, 3.05) is 20.2 Å². The second kappa shape index (κ2) is 6.54. The van der Waals surface area contributed by atoms with E-state index < -0.39 is 0 Å². The van der Waals surface area contributed by atoms with Crippen molar-refractivity contribution in [2.45, 2.75) is 19.4 Å². The van der Waals surface area contributed by atoms with Gasteiger partial charge in [0.25, 0.3) is 0 Å². The number of aromatic nitrogens is 2. The molecule has 0 saturated carbocycles. The molecule has 0 fully saturated rings. The van der Waals surface area contributed by atoms with Crippen molar-refractivity contribution >= 4 is 0 Å². The Hall–Kier alpha value is -2.45. The van der Waals surface area contributed by atoms with Crippen LogP contribution in [-0.4, -0.2) is 35.1 Å². The van der Waals surface area contributed by atoms with E-state index in [0.29, 0.717) is 11.4 Å². The number of ether oxygens (including phenoxy) is 1. The maximum atomic E-state index is 9.00. The lowest BCUT2D eigenvalue weighted by Gasteiger charge is -2.19. The predicted octanol–water partition coefficient (Wildman–Crippen LogP) is 1.96. The summed E-state index contributed by atoms with van der Waals surface area (Å²) in [6.45, 7) is 2.73. The number of hydrogen-bond donors (Lipinski definition) is 0. The normalized spacial score (nSPS) is 14.7. The fourth-order valence-corrected chi connectivity index (χ4v) is 2.87. The zero-order valence-corrected chi connectivity index (χ0v) is 12.6. The first-order valence-corrected chi connectivity index (χ1v) is 7.38. The van der Waals surface area contributed by atoms with Crippen molar-refractivity contribution < 1.29 is 4.74 Å². The number of hydrogen-bond acceptors (Lipinski definition) is 5. The molecule has 22 heavy (non-hydrogen) atoms. The zero-order chi connectivity index (χ0) is 15.4. The lowest BCUT2D eigenvalue weighted by atomic mass is 10.1. The van der Waals surface area contributed by atoms with Gasteiger partial charge in [0.05, 0.1) is 24.4 Å². The summed E-state index contributed by atoms with van der Waals surface area (Å²) in [6.07, 6.45) is 3.35.